The van der Waals surface area contributed by atoms with E-state index in [4.69, 9.17) is 16.3 Å². The Morgan fingerprint density at radius 3 is 2.15 bits per heavy atom. The Kier molecular flexibility index (Phi) is 7.97. The Morgan fingerprint density at radius 2 is 1.59 bits per heavy atom. The molecule has 1 aliphatic rings. The largest absolute Gasteiger partial charge is 0.465 e. The lowest BCUT2D eigenvalue weighted by atomic mass is 10.0. The van der Waals surface area contributed by atoms with Crippen molar-refractivity contribution in [2.75, 3.05) is 12.0 Å². The van der Waals surface area contributed by atoms with E-state index in [9.17, 15) is 22.8 Å². The lowest BCUT2D eigenvalue weighted by Crippen LogP contribution is -2.45. The van der Waals surface area contributed by atoms with Gasteiger partial charge in [-0.05, 0) is 85.8 Å². The Balaban J connectivity index is 1.82. The average Bonchev–Trinajstić information content (AvgIpc) is 3.19. The second-order valence-corrected chi connectivity index (χ2v) is 11.8. The van der Waals surface area contributed by atoms with Gasteiger partial charge in [-0.2, -0.15) is 4.31 Å². The first-order valence-corrected chi connectivity index (χ1v) is 14.1. The van der Waals surface area contributed by atoms with Crippen LogP contribution < -0.4 is 4.90 Å². The normalized spacial score (nSPS) is 15.8. The van der Waals surface area contributed by atoms with Crippen LogP contribution in [-0.4, -0.2) is 43.7 Å². The van der Waals surface area contributed by atoms with Gasteiger partial charge in [0.05, 0.1) is 29.7 Å². The Hall–Kier alpha value is -3.53. The molecule has 1 unspecified atom stereocenters. The number of amides is 2. The lowest BCUT2D eigenvalue weighted by molar-refractivity contribution is -0.122. The molecule has 0 spiro atoms. The number of halogens is 1. The van der Waals surface area contributed by atoms with Crippen LogP contribution in [0.3, 0.4) is 0 Å². The highest BCUT2D eigenvalue weighted by molar-refractivity contribution is 7.89. The molecular weight excluding hydrogens is 540 g/mol. The Bertz CT molecular complexity index is 1560. The van der Waals surface area contributed by atoms with Crippen molar-refractivity contribution < 1.29 is 27.5 Å². The second-order valence-electron chi connectivity index (χ2n) is 9.56. The standard InChI is InChI=1S/C29H29ClN2O6S/c1-17-14-18(2)20(4)27(19(17)3)39(36,37)31(16-22-8-6-7-9-24(22)30)25-15-26(33)32(28(25)34)23-12-10-21(11-13-23)29(35)38-5/h6-14,25H,15-16H2,1-5H3. The van der Waals surface area contributed by atoms with Gasteiger partial charge in [-0.15, -0.1) is 0 Å². The smallest absolute Gasteiger partial charge is 0.337 e. The Labute approximate surface area is 233 Å². The summed E-state index contributed by atoms with van der Waals surface area (Å²) in [5, 5.41) is 0.346. The van der Waals surface area contributed by atoms with E-state index in [1.807, 2.05) is 19.9 Å². The lowest BCUT2D eigenvalue weighted by Gasteiger charge is -2.29. The fourth-order valence-corrected chi connectivity index (χ4v) is 7.15. The molecule has 3 aromatic rings. The van der Waals surface area contributed by atoms with E-state index >= 15 is 0 Å². The average molecular weight is 569 g/mol. The fraction of sp³-hybridized carbons (Fsp3) is 0.276. The fourth-order valence-electron chi connectivity index (χ4n) is 4.82. The van der Waals surface area contributed by atoms with E-state index < -0.39 is 33.8 Å². The molecule has 1 heterocycles. The van der Waals surface area contributed by atoms with Crippen LogP contribution in [0.5, 0.6) is 0 Å². The van der Waals surface area contributed by atoms with Crippen LogP contribution in [0.4, 0.5) is 5.69 Å². The maximum absolute atomic E-state index is 14.4. The molecule has 0 N–H and O–H groups in total. The summed E-state index contributed by atoms with van der Waals surface area (Å²) in [6.07, 6.45) is -0.343. The van der Waals surface area contributed by atoms with Gasteiger partial charge in [-0.25, -0.2) is 18.1 Å². The summed E-state index contributed by atoms with van der Waals surface area (Å²) >= 11 is 6.40. The molecule has 4 rings (SSSR count). The van der Waals surface area contributed by atoms with Gasteiger partial charge in [0.25, 0.3) is 5.91 Å². The predicted octanol–water partition coefficient (Wildman–Crippen LogP) is 4.88. The number of hydrogen-bond acceptors (Lipinski definition) is 6. The molecule has 10 heteroatoms. The van der Waals surface area contributed by atoms with E-state index in [0.29, 0.717) is 21.7 Å². The molecule has 3 aromatic carbocycles. The van der Waals surface area contributed by atoms with Crippen LogP contribution in [0.1, 0.15) is 44.6 Å². The van der Waals surface area contributed by atoms with E-state index in [0.717, 1.165) is 20.3 Å². The SMILES string of the molecule is COC(=O)c1ccc(N2C(=O)CC(N(Cc3ccccc3Cl)S(=O)(=O)c3c(C)c(C)cc(C)c3C)C2=O)cc1. The number of benzene rings is 3. The van der Waals surface area contributed by atoms with Crippen LogP contribution in [0.25, 0.3) is 0 Å². The minimum absolute atomic E-state index is 0.119. The van der Waals surface area contributed by atoms with Crippen LogP contribution in [0.15, 0.2) is 59.5 Å². The van der Waals surface area contributed by atoms with Crippen molar-refractivity contribution in [1.82, 2.24) is 4.31 Å². The molecule has 39 heavy (non-hydrogen) atoms. The minimum Gasteiger partial charge on any atom is -0.465 e. The summed E-state index contributed by atoms with van der Waals surface area (Å²) in [5.74, 6) is -1.79. The summed E-state index contributed by atoms with van der Waals surface area (Å²) in [6.45, 7) is 6.94. The van der Waals surface area contributed by atoms with Gasteiger partial charge in [-0.1, -0.05) is 35.9 Å². The van der Waals surface area contributed by atoms with E-state index in [2.05, 4.69) is 0 Å². The van der Waals surface area contributed by atoms with Crippen molar-refractivity contribution >= 4 is 45.1 Å². The summed E-state index contributed by atoms with van der Waals surface area (Å²) in [7, 11) is -3.02. The second kappa shape index (κ2) is 10.9. The highest BCUT2D eigenvalue weighted by atomic mass is 35.5. The number of methoxy groups -OCH3 is 1. The van der Waals surface area contributed by atoms with Crippen molar-refractivity contribution in [3.63, 3.8) is 0 Å². The first-order chi connectivity index (χ1) is 18.4. The number of esters is 1. The number of anilines is 1. The molecule has 0 saturated carbocycles. The summed E-state index contributed by atoms with van der Waals surface area (Å²) in [6, 6.07) is 13.2. The third kappa shape index (κ3) is 5.22. The number of imide groups is 1. The van der Waals surface area contributed by atoms with Gasteiger partial charge >= 0.3 is 5.97 Å². The molecule has 0 aromatic heterocycles. The summed E-state index contributed by atoms with van der Waals surface area (Å²) in [4.78, 5) is 39.8. The zero-order valence-electron chi connectivity index (χ0n) is 22.3. The zero-order valence-corrected chi connectivity index (χ0v) is 23.9. The zero-order chi connectivity index (χ0) is 28.6. The van der Waals surface area contributed by atoms with E-state index in [1.54, 1.807) is 38.1 Å². The molecule has 2 amide bonds. The number of nitrogens with zero attached hydrogens (tertiary/aromatic N) is 2. The molecule has 0 bridgehead atoms. The molecule has 1 atom stereocenters. The van der Waals surface area contributed by atoms with Crippen molar-refractivity contribution in [3.8, 4) is 0 Å². The monoisotopic (exact) mass is 568 g/mol. The first kappa shape index (κ1) is 28.5. The Morgan fingerprint density at radius 1 is 1.00 bits per heavy atom. The van der Waals surface area contributed by atoms with Gasteiger partial charge in [0.2, 0.25) is 15.9 Å². The number of hydrogen-bond donors (Lipinski definition) is 0. The van der Waals surface area contributed by atoms with E-state index in [1.165, 1.54) is 31.4 Å². The first-order valence-electron chi connectivity index (χ1n) is 12.3. The number of aryl methyl sites for hydroxylation is 2. The van der Waals surface area contributed by atoms with Gasteiger partial charge in [0, 0.05) is 11.6 Å². The quantitative estimate of drug-likeness (QED) is 0.297. The summed E-state index contributed by atoms with van der Waals surface area (Å²) in [5.41, 5.74) is 3.74. The third-order valence-corrected chi connectivity index (χ3v) is 9.66. The maximum Gasteiger partial charge on any atom is 0.337 e. The number of ether oxygens (including phenoxy) is 1. The third-order valence-electron chi connectivity index (χ3n) is 7.16. The van der Waals surface area contributed by atoms with Crippen molar-refractivity contribution in [1.29, 1.82) is 0 Å². The molecule has 204 valence electrons. The van der Waals surface area contributed by atoms with Crippen LogP contribution in [0, 0.1) is 27.7 Å². The topological polar surface area (TPSA) is 101 Å². The molecule has 1 fully saturated rings. The highest BCUT2D eigenvalue weighted by Crippen LogP contribution is 2.35. The summed E-state index contributed by atoms with van der Waals surface area (Å²) < 4.78 is 34.5. The van der Waals surface area contributed by atoms with Gasteiger partial charge in [-0.3, -0.25) is 9.59 Å². The van der Waals surface area contributed by atoms with Gasteiger partial charge in [0.1, 0.15) is 6.04 Å². The van der Waals surface area contributed by atoms with E-state index in [-0.39, 0.29) is 29.1 Å². The van der Waals surface area contributed by atoms with Gasteiger partial charge in [0.15, 0.2) is 0 Å². The predicted molar refractivity (Wildman–Crippen MR) is 148 cm³/mol. The number of carbonyl (C=O) groups is 3. The molecule has 0 aliphatic carbocycles. The van der Waals surface area contributed by atoms with Crippen LogP contribution in [-0.2, 0) is 30.9 Å². The molecule has 1 aliphatic heterocycles. The van der Waals surface area contributed by atoms with Crippen molar-refractivity contribution in [2.24, 2.45) is 0 Å². The molecule has 1 saturated heterocycles. The number of rotatable bonds is 7. The van der Waals surface area contributed by atoms with Crippen LogP contribution in [0.2, 0.25) is 5.02 Å². The minimum atomic E-state index is -4.28. The molecular formula is C29H29ClN2O6S. The van der Waals surface area contributed by atoms with Crippen molar-refractivity contribution in [3.05, 3.63) is 93.0 Å². The van der Waals surface area contributed by atoms with Crippen LogP contribution >= 0.6 is 11.6 Å². The maximum atomic E-state index is 14.4. The van der Waals surface area contributed by atoms with Crippen molar-refractivity contribution in [2.45, 2.75) is 51.6 Å². The molecule has 0 radical (unpaired) electrons. The highest BCUT2D eigenvalue weighted by Gasteiger charge is 2.47. The number of carbonyl (C=O) groups excluding carboxylic acids is 3. The number of sulfonamides is 1. The van der Waals surface area contributed by atoms with Gasteiger partial charge < -0.3 is 4.74 Å². The molecule has 8 nitrogen and oxygen atoms in total.